The first-order chi connectivity index (χ1) is 42.9. The van der Waals surface area contributed by atoms with Crippen LogP contribution in [0.4, 0.5) is 34.1 Å². The van der Waals surface area contributed by atoms with Gasteiger partial charge in [0.25, 0.3) is 0 Å². The number of hydrogen-bond acceptors (Lipinski definition) is 2. The van der Waals surface area contributed by atoms with E-state index in [0.717, 1.165) is 34.1 Å². The molecule has 0 radical (unpaired) electrons. The summed E-state index contributed by atoms with van der Waals surface area (Å²) in [4.78, 5) is 4.94. The summed E-state index contributed by atoms with van der Waals surface area (Å²) in [5, 5.41) is 0. The molecule has 12 aromatic rings. The van der Waals surface area contributed by atoms with Crippen LogP contribution in [0.1, 0.15) is 125 Å². The topological polar surface area (TPSA) is 6.48 Å². The molecule has 0 heterocycles. The highest BCUT2D eigenvalue weighted by Crippen LogP contribution is 2.58. The maximum absolute atomic E-state index is 2.47. The molecule has 0 atom stereocenters. The Morgan fingerprint density at radius 3 is 0.640 bits per heavy atom. The van der Waals surface area contributed by atoms with Crippen molar-refractivity contribution in [2.24, 2.45) is 0 Å². The number of nitrogens with zero attached hydrogens (tertiary/aromatic N) is 2. The summed E-state index contributed by atoms with van der Waals surface area (Å²) in [6.07, 6.45) is 0. The van der Waals surface area contributed by atoms with Crippen molar-refractivity contribution >= 4 is 34.1 Å². The second-order valence-electron chi connectivity index (χ2n) is 28.5. The molecular formula is C87H72N2. The number of fused-ring (bicyclic) bond motifs is 15. The van der Waals surface area contributed by atoms with E-state index in [-0.39, 0.29) is 27.1 Å². The van der Waals surface area contributed by atoms with E-state index in [1.165, 1.54) is 134 Å². The molecule has 12 aromatic carbocycles. The number of para-hydroxylation sites is 2. The maximum Gasteiger partial charge on any atom is 0.0465 e. The van der Waals surface area contributed by atoms with Gasteiger partial charge in [-0.15, -0.1) is 0 Å². The minimum Gasteiger partial charge on any atom is -0.310 e. The van der Waals surface area contributed by atoms with Crippen LogP contribution < -0.4 is 9.80 Å². The molecule has 89 heavy (non-hydrogen) atoms. The van der Waals surface area contributed by atoms with E-state index in [9.17, 15) is 0 Å². The lowest BCUT2D eigenvalue weighted by Gasteiger charge is -2.30. The summed E-state index contributed by atoms with van der Waals surface area (Å²) in [5.41, 5.74) is 38.2. The van der Waals surface area contributed by atoms with Crippen LogP contribution in [0, 0.1) is 0 Å². The third kappa shape index (κ3) is 7.62. The largest absolute Gasteiger partial charge is 0.310 e. The summed E-state index contributed by atoms with van der Waals surface area (Å²) < 4.78 is 0. The minimum atomic E-state index is -0.295. The van der Waals surface area contributed by atoms with Gasteiger partial charge in [0.1, 0.15) is 0 Å². The summed E-state index contributed by atoms with van der Waals surface area (Å²) in [6.45, 7) is 24.0. The van der Waals surface area contributed by atoms with E-state index < -0.39 is 0 Å². The SMILES string of the molecule is CC1(C)c2ccccc2-c2ccc(-c3ccc4c(c3)C(C)(C)c3cc(N(c5ccccc5)c5ccc6c(c5)C(C)(C)c5cc(N(c7ccccc7)c7ccc8c(c7)C(C)(C)c7cc(-c9ccc%10c(c9)C(C)(C)c9ccccc9-%10)ccc7-8)ccc5-6)ccc3-4)cc21. The van der Waals surface area contributed by atoms with Crippen LogP contribution in [0.3, 0.4) is 0 Å². The van der Waals surface area contributed by atoms with Crippen LogP contribution in [-0.2, 0) is 27.1 Å². The summed E-state index contributed by atoms with van der Waals surface area (Å²) in [5.74, 6) is 0. The van der Waals surface area contributed by atoms with Gasteiger partial charge in [-0.2, -0.15) is 0 Å². The molecule has 0 bridgehead atoms. The Hall–Kier alpha value is -9.76. The number of hydrogen-bond donors (Lipinski definition) is 0. The zero-order valence-corrected chi connectivity index (χ0v) is 52.6. The van der Waals surface area contributed by atoms with Gasteiger partial charge in [0, 0.05) is 61.2 Å². The standard InChI is InChI=1S/C87H72N2/c1-83(2)73-27-19-17-25-63(73)65-37-29-53(45-75(65)83)55-31-39-67-69-41-33-59(49-79(69)85(5,6)77(67)47-55)88(57-21-13-11-14-22-57)61-35-43-71-72-44-36-62(52-82(72)87(9,10)81(71)51-61)89(58-23-15-12-16-24-58)60-34-42-70-68-40-32-56(48-78(68)86(7,8)80(70)50-60)54-30-38-66-64-26-18-20-28-74(64)84(3,4)76(66)46-54/h11-52H,1-10H3. The van der Waals surface area contributed by atoms with Gasteiger partial charge in [0.2, 0.25) is 0 Å². The molecule has 0 spiro atoms. The predicted molar refractivity (Wildman–Crippen MR) is 375 cm³/mol. The van der Waals surface area contributed by atoms with Gasteiger partial charge in [-0.3, -0.25) is 0 Å². The Kier molecular flexibility index (Phi) is 11.2. The van der Waals surface area contributed by atoms with Crippen LogP contribution in [0.25, 0.3) is 77.9 Å². The van der Waals surface area contributed by atoms with Crippen molar-refractivity contribution in [1.82, 2.24) is 0 Å². The lowest BCUT2D eigenvalue weighted by molar-refractivity contribution is 0.659. The molecule has 2 nitrogen and oxygen atoms in total. The van der Waals surface area contributed by atoms with Crippen molar-refractivity contribution in [2.75, 3.05) is 9.80 Å². The molecular weight excluding hydrogens is 1070 g/mol. The second-order valence-corrected chi connectivity index (χ2v) is 28.5. The average Bonchev–Trinajstić information content (AvgIpc) is 1.65. The van der Waals surface area contributed by atoms with Gasteiger partial charge in [0.15, 0.2) is 0 Å². The average molecular weight is 1150 g/mol. The fourth-order valence-electron chi connectivity index (χ4n) is 16.9. The van der Waals surface area contributed by atoms with Crippen LogP contribution in [0.15, 0.2) is 255 Å². The molecule has 0 saturated carbocycles. The van der Waals surface area contributed by atoms with E-state index in [1.54, 1.807) is 0 Å². The fraction of sp³-hybridized carbons (Fsp3) is 0.172. The van der Waals surface area contributed by atoms with Crippen molar-refractivity contribution in [2.45, 2.75) is 96.3 Å². The fourth-order valence-corrected chi connectivity index (χ4v) is 16.9. The molecule has 0 saturated heterocycles. The molecule has 0 amide bonds. The molecule has 0 N–H and O–H groups in total. The summed E-state index contributed by atoms with van der Waals surface area (Å²) >= 11 is 0. The quantitative estimate of drug-likeness (QED) is 0.150. The van der Waals surface area contributed by atoms with E-state index in [2.05, 4.69) is 334 Å². The molecule has 0 aromatic heterocycles. The predicted octanol–water partition coefficient (Wildman–Crippen LogP) is 23.5. The van der Waals surface area contributed by atoms with Gasteiger partial charge in [-0.25, -0.2) is 0 Å². The summed E-state index contributed by atoms with van der Waals surface area (Å²) in [7, 11) is 0. The van der Waals surface area contributed by atoms with E-state index in [0.29, 0.717) is 0 Å². The number of anilines is 6. The summed E-state index contributed by atoms with van der Waals surface area (Å²) in [6, 6.07) is 97.2. The van der Waals surface area contributed by atoms with Crippen molar-refractivity contribution < 1.29 is 0 Å². The lowest BCUT2D eigenvalue weighted by Crippen LogP contribution is -2.19. The van der Waals surface area contributed by atoms with Crippen LogP contribution in [0.2, 0.25) is 0 Å². The molecule has 17 rings (SSSR count). The van der Waals surface area contributed by atoms with Crippen molar-refractivity contribution in [3.8, 4) is 77.9 Å². The zero-order chi connectivity index (χ0) is 60.7. The molecule has 0 fully saturated rings. The third-order valence-corrected chi connectivity index (χ3v) is 21.9. The van der Waals surface area contributed by atoms with E-state index in [4.69, 9.17) is 0 Å². The molecule has 0 aliphatic heterocycles. The smallest absolute Gasteiger partial charge is 0.0465 e. The first-order valence-electron chi connectivity index (χ1n) is 32.0. The van der Waals surface area contributed by atoms with E-state index in [1.807, 2.05) is 0 Å². The minimum absolute atomic E-state index is 0.0527. The lowest BCUT2D eigenvalue weighted by atomic mass is 9.80. The Bertz CT molecular complexity index is 4680. The van der Waals surface area contributed by atoms with Gasteiger partial charge < -0.3 is 9.80 Å². The van der Waals surface area contributed by atoms with Crippen molar-refractivity contribution in [3.63, 3.8) is 0 Å². The second kappa shape index (κ2) is 18.6. The highest BCUT2D eigenvalue weighted by atomic mass is 15.1. The first kappa shape index (κ1) is 53.5. The van der Waals surface area contributed by atoms with Crippen molar-refractivity contribution in [1.29, 1.82) is 0 Å². The first-order valence-corrected chi connectivity index (χ1v) is 32.0. The Balaban J connectivity index is 0.693. The van der Waals surface area contributed by atoms with Crippen LogP contribution >= 0.6 is 0 Å². The van der Waals surface area contributed by atoms with E-state index >= 15 is 0 Å². The molecule has 430 valence electrons. The maximum atomic E-state index is 2.47. The van der Waals surface area contributed by atoms with Crippen molar-refractivity contribution in [3.05, 3.63) is 310 Å². The monoisotopic (exact) mass is 1140 g/mol. The Labute approximate surface area is 525 Å². The van der Waals surface area contributed by atoms with Crippen LogP contribution in [0.5, 0.6) is 0 Å². The molecule has 0 unspecified atom stereocenters. The van der Waals surface area contributed by atoms with Gasteiger partial charge in [0.05, 0.1) is 0 Å². The molecule has 2 heteroatoms. The number of rotatable bonds is 8. The zero-order valence-electron chi connectivity index (χ0n) is 52.6. The van der Waals surface area contributed by atoms with Crippen LogP contribution in [-0.4, -0.2) is 0 Å². The highest BCUT2D eigenvalue weighted by Gasteiger charge is 2.42. The van der Waals surface area contributed by atoms with Gasteiger partial charge in [-0.1, -0.05) is 227 Å². The molecule has 5 aliphatic carbocycles. The Morgan fingerprint density at radius 2 is 0.371 bits per heavy atom. The van der Waals surface area contributed by atoms with Gasteiger partial charge >= 0.3 is 0 Å². The van der Waals surface area contributed by atoms with Gasteiger partial charge in [-0.05, 0) is 231 Å². The Morgan fingerprint density at radius 1 is 0.169 bits per heavy atom. The normalized spacial score (nSPS) is 16.0. The third-order valence-electron chi connectivity index (χ3n) is 21.9. The number of benzene rings is 12. The molecule has 5 aliphatic rings. The highest BCUT2D eigenvalue weighted by molar-refractivity contribution is 5.94.